The lowest BCUT2D eigenvalue weighted by Gasteiger charge is -2.19. The monoisotopic (exact) mass is 504 g/mol. The zero-order valence-electron chi connectivity index (χ0n) is 17.8. The van der Waals surface area contributed by atoms with Crippen molar-refractivity contribution < 1.29 is 31.1 Å². The average Bonchev–Trinajstić information content (AvgIpc) is 3.23. The second-order valence-corrected chi connectivity index (χ2v) is 10.1. The van der Waals surface area contributed by atoms with Gasteiger partial charge in [0, 0.05) is 44.3 Å². The van der Waals surface area contributed by atoms with E-state index in [4.69, 9.17) is 16.3 Å². The standard InChI is InChI=1S/C22H24ClF3N2O4S/c1-32-11-3-10-27-21(29)20-14-28(33(30,31)18-8-6-17(23)7-9-18)13-19(20)15-4-2-5-16(12-15)22(24,25)26/h2,4-9,12,19-20H,3,10-11,13-14H2,1H3,(H,27,29)/t19-,20+/m1/s1. The lowest BCUT2D eigenvalue weighted by Crippen LogP contribution is -2.36. The zero-order valence-corrected chi connectivity index (χ0v) is 19.4. The third-order valence-corrected chi connectivity index (χ3v) is 7.64. The fraction of sp³-hybridized carbons (Fsp3) is 0.409. The van der Waals surface area contributed by atoms with Crippen molar-refractivity contribution in [1.82, 2.24) is 9.62 Å². The van der Waals surface area contributed by atoms with Crippen LogP contribution < -0.4 is 5.32 Å². The summed E-state index contributed by atoms with van der Waals surface area (Å²) in [6.07, 6.45) is -4.00. The van der Waals surface area contributed by atoms with Gasteiger partial charge < -0.3 is 10.1 Å². The van der Waals surface area contributed by atoms with E-state index in [1.165, 1.54) is 43.5 Å². The van der Waals surface area contributed by atoms with Crippen LogP contribution in [0.4, 0.5) is 13.2 Å². The number of hydrogen-bond acceptors (Lipinski definition) is 4. The number of hydrogen-bond donors (Lipinski definition) is 1. The summed E-state index contributed by atoms with van der Waals surface area (Å²) in [6, 6.07) is 10.3. The molecule has 1 amide bonds. The van der Waals surface area contributed by atoms with E-state index in [0.29, 0.717) is 24.6 Å². The highest BCUT2D eigenvalue weighted by Crippen LogP contribution is 2.38. The molecule has 1 aliphatic heterocycles. The van der Waals surface area contributed by atoms with E-state index in [9.17, 15) is 26.4 Å². The third-order valence-electron chi connectivity index (χ3n) is 5.54. The van der Waals surface area contributed by atoms with Gasteiger partial charge in [0.1, 0.15) is 0 Å². The van der Waals surface area contributed by atoms with Gasteiger partial charge in [0.05, 0.1) is 16.4 Å². The van der Waals surface area contributed by atoms with Gasteiger partial charge in [-0.15, -0.1) is 0 Å². The number of carbonyl (C=O) groups excluding carboxylic acids is 1. The van der Waals surface area contributed by atoms with Gasteiger partial charge in [-0.25, -0.2) is 8.42 Å². The molecule has 2 aromatic rings. The molecule has 0 aliphatic carbocycles. The van der Waals surface area contributed by atoms with Gasteiger partial charge in [-0.1, -0.05) is 29.8 Å². The lowest BCUT2D eigenvalue weighted by molar-refractivity contribution is -0.137. The Morgan fingerprint density at radius 1 is 1.18 bits per heavy atom. The first-order valence-corrected chi connectivity index (χ1v) is 12.1. The van der Waals surface area contributed by atoms with Gasteiger partial charge >= 0.3 is 6.18 Å². The number of nitrogens with one attached hydrogen (secondary N) is 1. The number of sulfonamides is 1. The van der Waals surface area contributed by atoms with Crippen molar-refractivity contribution in [2.75, 3.05) is 33.4 Å². The van der Waals surface area contributed by atoms with Gasteiger partial charge in [-0.3, -0.25) is 4.79 Å². The number of carbonyl (C=O) groups is 1. The molecule has 1 fully saturated rings. The molecule has 0 saturated carbocycles. The number of rotatable bonds is 8. The molecule has 2 aromatic carbocycles. The molecule has 6 nitrogen and oxygen atoms in total. The Kier molecular flexibility index (Phi) is 8.04. The summed E-state index contributed by atoms with van der Waals surface area (Å²) in [7, 11) is -2.45. The van der Waals surface area contributed by atoms with Crippen LogP contribution in [0.1, 0.15) is 23.5 Å². The van der Waals surface area contributed by atoms with Crippen LogP contribution in [0, 0.1) is 5.92 Å². The van der Waals surface area contributed by atoms with Crippen LogP contribution in [0.3, 0.4) is 0 Å². The summed E-state index contributed by atoms with van der Waals surface area (Å²) in [5, 5.41) is 3.11. The second kappa shape index (κ2) is 10.4. The number of benzene rings is 2. The van der Waals surface area contributed by atoms with Crippen LogP contribution in [0.15, 0.2) is 53.4 Å². The van der Waals surface area contributed by atoms with Crippen molar-refractivity contribution in [3.8, 4) is 0 Å². The number of nitrogens with zero attached hydrogens (tertiary/aromatic N) is 1. The smallest absolute Gasteiger partial charge is 0.385 e. The van der Waals surface area contributed by atoms with Crippen LogP contribution in [0.2, 0.25) is 5.02 Å². The highest BCUT2D eigenvalue weighted by Gasteiger charge is 2.44. The topological polar surface area (TPSA) is 75.7 Å². The second-order valence-electron chi connectivity index (χ2n) is 7.75. The van der Waals surface area contributed by atoms with Crippen molar-refractivity contribution in [1.29, 1.82) is 0 Å². The largest absolute Gasteiger partial charge is 0.416 e. The summed E-state index contributed by atoms with van der Waals surface area (Å²) < 4.78 is 72.2. The predicted molar refractivity (Wildman–Crippen MR) is 117 cm³/mol. The van der Waals surface area contributed by atoms with Gasteiger partial charge in [0.2, 0.25) is 15.9 Å². The Bertz CT molecular complexity index is 1080. The molecule has 33 heavy (non-hydrogen) atoms. The normalized spacial score (nSPS) is 19.5. The van der Waals surface area contributed by atoms with E-state index < -0.39 is 39.5 Å². The third kappa shape index (κ3) is 6.06. The molecular weight excluding hydrogens is 481 g/mol. The fourth-order valence-corrected chi connectivity index (χ4v) is 5.45. The van der Waals surface area contributed by atoms with E-state index >= 15 is 0 Å². The minimum Gasteiger partial charge on any atom is -0.385 e. The lowest BCUT2D eigenvalue weighted by atomic mass is 9.87. The van der Waals surface area contributed by atoms with Gasteiger partial charge in [0.25, 0.3) is 0 Å². The molecule has 11 heteroatoms. The summed E-state index contributed by atoms with van der Waals surface area (Å²) >= 11 is 5.85. The maximum Gasteiger partial charge on any atom is 0.416 e. The molecule has 3 rings (SSSR count). The van der Waals surface area contributed by atoms with Crippen LogP contribution in [0.25, 0.3) is 0 Å². The van der Waals surface area contributed by atoms with E-state index in [2.05, 4.69) is 5.32 Å². The van der Waals surface area contributed by atoms with E-state index in [1.807, 2.05) is 0 Å². The summed E-state index contributed by atoms with van der Waals surface area (Å²) in [5.41, 5.74) is -0.589. The number of alkyl halides is 3. The van der Waals surface area contributed by atoms with Crippen molar-refractivity contribution in [3.05, 3.63) is 64.7 Å². The van der Waals surface area contributed by atoms with Crippen LogP contribution in [0.5, 0.6) is 0 Å². The number of ether oxygens (including phenoxy) is 1. The average molecular weight is 505 g/mol. The highest BCUT2D eigenvalue weighted by molar-refractivity contribution is 7.89. The van der Waals surface area contributed by atoms with E-state index in [-0.39, 0.29) is 23.5 Å². The molecule has 0 radical (unpaired) electrons. The van der Waals surface area contributed by atoms with Gasteiger partial charge in [-0.2, -0.15) is 17.5 Å². The summed E-state index contributed by atoms with van der Waals surface area (Å²) in [4.78, 5) is 12.9. The first-order valence-electron chi connectivity index (χ1n) is 10.2. The molecule has 1 saturated heterocycles. The van der Waals surface area contributed by atoms with Crippen LogP contribution in [-0.2, 0) is 25.7 Å². The predicted octanol–water partition coefficient (Wildman–Crippen LogP) is 3.92. The molecule has 1 heterocycles. The summed E-state index contributed by atoms with van der Waals surface area (Å²) in [5.74, 6) is -2.00. The molecule has 0 bridgehead atoms. The van der Waals surface area contributed by atoms with Crippen molar-refractivity contribution in [3.63, 3.8) is 0 Å². The zero-order chi connectivity index (χ0) is 24.2. The minimum atomic E-state index is -4.55. The molecule has 2 atom stereocenters. The molecular formula is C22H24ClF3N2O4S. The molecule has 0 aromatic heterocycles. The van der Waals surface area contributed by atoms with Crippen molar-refractivity contribution >= 4 is 27.5 Å². The minimum absolute atomic E-state index is 0.00385. The van der Waals surface area contributed by atoms with Crippen LogP contribution >= 0.6 is 11.6 Å². The maximum absolute atomic E-state index is 13.3. The number of amides is 1. The first-order chi connectivity index (χ1) is 15.5. The Balaban J connectivity index is 1.91. The SMILES string of the molecule is COCCCNC(=O)[C@H]1CN(S(=O)(=O)c2ccc(Cl)cc2)C[C@@H]1c1cccc(C(F)(F)F)c1. The maximum atomic E-state index is 13.3. The first kappa shape index (κ1) is 25.5. The Morgan fingerprint density at radius 3 is 2.52 bits per heavy atom. The Morgan fingerprint density at radius 2 is 1.88 bits per heavy atom. The van der Waals surface area contributed by atoms with Crippen molar-refractivity contribution in [2.24, 2.45) is 5.92 Å². The van der Waals surface area contributed by atoms with Gasteiger partial charge in [0.15, 0.2) is 0 Å². The fourth-order valence-electron chi connectivity index (χ4n) is 3.83. The van der Waals surface area contributed by atoms with Crippen LogP contribution in [-0.4, -0.2) is 52.0 Å². The molecule has 180 valence electrons. The number of halogens is 4. The van der Waals surface area contributed by atoms with Crippen molar-refractivity contribution in [2.45, 2.75) is 23.4 Å². The van der Waals surface area contributed by atoms with E-state index in [0.717, 1.165) is 16.4 Å². The van der Waals surface area contributed by atoms with Gasteiger partial charge in [-0.05, 0) is 42.3 Å². The molecule has 0 unspecified atom stereocenters. The molecule has 1 aliphatic rings. The molecule has 0 spiro atoms. The number of methoxy groups -OCH3 is 1. The molecule has 1 N–H and O–H groups in total. The Hall–Kier alpha value is -2.14. The van der Waals surface area contributed by atoms with E-state index in [1.54, 1.807) is 0 Å². The quantitative estimate of drug-likeness (QED) is 0.553. The highest BCUT2D eigenvalue weighted by atomic mass is 35.5. The summed E-state index contributed by atoms with van der Waals surface area (Å²) in [6.45, 7) is 0.464. The Labute approximate surface area is 195 Å².